The number of thioether (sulfide) groups is 2. The van der Waals surface area contributed by atoms with E-state index >= 15 is 0 Å². The third-order valence-corrected chi connectivity index (χ3v) is 6.47. The summed E-state index contributed by atoms with van der Waals surface area (Å²) in [5.41, 5.74) is 5.34. The molecule has 11 heteroatoms. The molecule has 2 saturated heterocycles. The van der Waals surface area contributed by atoms with Gasteiger partial charge in [-0.15, -0.1) is 23.5 Å². The van der Waals surface area contributed by atoms with Gasteiger partial charge in [-0.3, -0.25) is 14.4 Å². The van der Waals surface area contributed by atoms with Gasteiger partial charge in [0, 0.05) is 10.5 Å². The molecule has 0 bridgehead atoms. The maximum absolute atomic E-state index is 12.2. The van der Waals surface area contributed by atoms with Crippen LogP contribution in [-0.4, -0.2) is 78.6 Å². The number of rotatable bonds is 7. The maximum Gasteiger partial charge on any atom is 0.327 e. The van der Waals surface area contributed by atoms with Gasteiger partial charge in [-0.1, -0.05) is 0 Å². The number of carboxylic acid groups (broad SMARTS) is 2. The van der Waals surface area contributed by atoms with Crippen LogP contribution in [0.2, 0.25) is 0 Å². The smallest absolute Gasteiger partial charge is 0.327 e. The molecule has 2 aliphatic heterocycles. The first-order chi connectivity index (χ1) is 11.1. The predicted octanol–water partition coefficient (Wildman–Crippen LogP) is -1.24. The number of carboxylic acids is 2. The van der Waals surface area contributed by atoms with Crippen LogP contribution in [0.4, 0.5) is 0 Å². The van der Waals surface area contributed by atoms with Crippen LogP contribution in [0.3, 0.4) is 0 Å². The number of nitrogens with zero attached hydrogens (tertiary/aromatic N) is 1. The van der Waals surface area contributed by atoms with E-state index in [-0.39, 0.29) is 11.5 Å². The second-order valence-corrected chi connectivity index (χ2v) is 8.90. The number of fused-ring (bicyclic) bond motifs is 1. The van der Waals surface area contributed by atoms with E-state index in [2.05, 4.69) is 5.32 Å². The summed E-state index contributed by atoms with van der Waals surface area (Å²) >= 11 is 2.41. The third-order valence-electron chi connectivity index (χ3n) is 3.84. The Hall–Kier alpha value is -1.46. The lowest BCUT2D eigenvalue weighted by Gasteiger charge is -2.43. The van der Waals surface area contributed by atoms with Crippen molar-refractivity contribution in [2.24, 2.45) is 5.73 Å². The Labute approximate surface area is 146 Å². The zero-order chi connectivity index (χ0) is 18.2. The number of hydrogen-bond donors (Lipinski definition) is 4. The third kappa shape index (κ3) is 3.47. The Morgan fingerprint density at radius 1 is 1.42 bits per heavy atom. The normalized spacial score (nSPS) is 28.7. The van der Waals surface area contributed by atoms with Gasteiger partial charge in [-0.2, -0.15) is 0 Å². The van der Waals surface area contributed by atoms with Crippen molar-refractivity contribution in [3.05, 3.63) is 0 Å². The minimum absolute atomic E-state index is 0.0199. The van der Waals surface area contributed by atoms with Gasteiger partial charge in [0.2, 0.25) is 11.8 Å². The van der Waals surface area contributed by atoms with Crippen molar-refractivity contribution in [1.82, 2.24) is 10.2 Å². The largest absolute Gasteiger partial charge is 0.480 e. The molecule has 0 aromatic carbocycles. The van der Waals surface area contributed by atoms with Gasteiger partial charge < -0.3 is 26.2 Å². The predicted molar refractivity (Wildman–Crippen MR) is 88.6 cm³/mol. The number of nitrogens with one attached hydrogen (secondary N) is 1. The van der Waals surface area contributed by atoms with Crippen LogP contribution in [-0.2, 0) is 19.2 Å². The van der Waals surface area contributed by atoms with Gasteiger partial charge in [0.1, 0.15) is 23.5 Å². The average molecular weight is 377 g/mol. The molecule has 4 atom stereocenters. The molecule has 2 aliphatic rings. The molecule has 0 saturated carbocycles. The molecule has 134 valence electrons. The van der Waals surface area contributed by atoms with Crippen LogP contribution in [0.25, 0.3) is 0 Å². The topological polar surface area (TPSA) is 150 Å². The van der Waals surface area contributed by atoms with E-state index in [0.29, 0.717) is 0 Å². The lowest BCUT2D eigenvalue weighted by molar-refractivity contribution is -0.160. The number of aliphatic carboxylic acids is 2. The highest BCUT2D eigenvalue weighted by molar-refractivity contribution is 8.01. The number of amides is 2. The summed E-state index contributed by atoms with van der Waals surface area (Å²) in [6.45, 7) is 3.51. The summed E-state index contributed by atoms with van der Waals surface area (Å²) in [5, 5.41) is 20.2. The second-order valence-electron chi connectivity index (χ2n) is 6.10. The first-order valence-electron chi connectivity index (χ1n) is 7.14. The van der Waals surface area contributed by atoms with E-state index in [9.17, 15) is 24.3 Å². The molecular formula is C13H19N3O6S2. The lowest BCUT2D eigenvalue weighted by Crippen LogP contribution is -2.70. The zero-order valence-corrected chi connectivity index (χ0v) is 14.7. The summed E-state index contributed by atoms with van der Waals surface area (Å²) in [6, 6.07) is -2.72. The molecule has 0 spiro atoms. The Balaban J connectivity index is 1.87. The van der Waals surface area contributed by atoms with Crippen LogP contribution < -0.4 is 11.1 Å². The maximum atomic E-state index is 12.2. The number of β-lactam (4-membered cyclic amide) rings is 1. The van der Waals surface area contributed by atoms with Crippen LogP contribution >= 0.6 is 23.5 Å². The molecule has 0 aliphatic carbocycles. The monoisotopic (exact) mass is 377 g/mol. The van der Waals surface area contributed by atoms with Gasteiger partial charge in [-0.05, 0) is 13.8 Å². The number of carbonyl (C=O) groups is 4. The summed E-state index contributed by atoms with van der Waals surface area (Å²) < 4.78 is -0.644. The molecule has 4 unspecified atom stereocenters. The highest BCUT2D eigenvalue weighted by Gasteiger charge is 2.64. The van der Waals surface area contributed by atoms with Crippen LogP contribution in [0.15, 0.2) is 0 Å². The van der Waals surface area contributed by atoms with Crippen molar-refractivity contribution in [2.45, 2.75) is 42.1 Å². The van der Waals surface area contributed by atoms with Gasteiger partial charge in [-0.25, -0.2) is 4.79 Å². The van der Waals surface area contributed by atoms with Crippen molar-refractivity contribution in [1.29, 1.82) is 0 Å². The molecule has 2 rings (SSSR count). The molecular weight excluding hydrogens is 358 g/mol. The molecule has 9 nitrogen and oxygen atoms in total. The number of hydrogen-bond acceptors (Lipinski definition) is 7. The Kier molecular flexibility index (Phi) is 5.35. The van der Waals surface area contributed by atoms with E-state index in [1.54, 1.807) is 13.8 Å². The minimum Gasteiger partial charge on any atom is -0.480 e. The molecule has 24 heavy (non-hydrogen) atoms. The first kappa shape index (κ1) is 18.9. The average Bonchev–Trinajstić information content (AvgIpc) is 2.73. The highest BCUT2D eigenvalue weighted by Crippen LogP contribution is 2.50. The van der Waals surface area contributed by atoms with Crippen LogP contribution in [0, 0.1) is 0 Å². The summed E-state index contributed by atoms with van der Waals surface area (Å²) in [4.78, 5) is 47.3. The van der Waals surface area contributed by atoms with E-state index in [4.69, 9.17) is 10.8 Å². The zero-order valence-electron chi connectivity index (χ0n) is 13.1. The van der Waals surface area contributed by atoms with E-state index < -0.39 is 52.0 Å². The van der Waals surface area contributed by atoms with Crippen molar-refractivity contribution in [3.8, 4) is 0 Å². The van der Waals surface area contributed by atoms with E-state index in [0.717, 1.165) is 11.8 Å². The summed E-state index contributed by atoms with van der Waals surface area (Å²) in [5.74, 6) is -2.96. The Morgan fingerprint density at radius 3 is 2.58 bits per heavy atom. The summed E-state index contributed by atoms with van der Waals surface area (Å²) in [6.07, 6.45) is 0. The standard InChI is InChI=1S/C13H19N3O6S2/c1-13(2)8(12(21)22)16-9(18)7(10(16)24-13)15-6(17)4-23-3-5(14)11(19)20/h5,7-8,10H,3-4,14H2,1-2H3,(H,15,17)(H,19,20)(H,21,22). The molecule has 0 aromatic heterocycles. The molecule has 5 N–H and O–H groups in total. The summed E-state index contributed by atoms with van der Waals surface area (Å²) in [7, 11) is 0. The number of nitrogens with two attached hydrogens (primary N) is 1. The van der Waals surface area contributed by atoms with Gasteiger partial charge in [0.05, 0.1) is 5.75 Å². The van der Waals surface area contributed by atoms with Gasteiger partial charge in [0.25, 0.3) is 0 Å². The second kappa shape index (κ2) is 6.81. The van der Waals surface area contributed by atoms with Gasteiger partial charge >= 0.3 is 11.9 Å². The minimum atomic E-state index is -1.14. The molecule has 2 heterocycles. The van der Waals surface area contributed by atoms with Crippen LogP contribution in [0.5, 0.6) is 0 Å². The van der Waals surface area contributed by atoms with E-state index in [1.807, 2.05) is 0 Å². The van der Waals surface area contributed by atoms with E-state index in [1.165, 1.54) is 16.7 Å². The fourth-order valence-corrected chi connectivity index (χ4v) is 5.12. The SMILES string of the molecule is CC1(C)SC2C(NC(=O)CSCC(N)C(=O)O)C(=O)N2C1C(=O)O. The number of carbonyl (C=O) groups excluding carboxylic acids is 2. The quantitative estimate of drug-likeness (QED) is 0.400. The van der Waals surface area contributed by atoms with Crippen molar-refractivity contribution in [3.63, 3.8) is 0 Å². The Morgan fingerprint density at radius 2 is 2.04 bits per heavy atom. The van der Waals surface area contributed by atoms with Crippen molar-refractivity contribution in [2.75, 3.05) is 11.5 Å². The lowest BCUT2D eigenvalue weighted by atomic mass is 9.96. The highest BCUT2D eigenvalue weighted by atomic mass is 32.2. The molecule has 2 amide bonds. The van der Waals surface area contributed by atoms with Crippen LogP contribution in [0.1, 0.15) is 13.8 Å². The van der Waals surface area contributed by atoms with Crippen molar-refractivity contribution < 1.29 is 29.4 Å². The Bertz CT molecular complexity index is 584. The molecule has 0 radical (unpaired) electrons. The van der Waals surface area contributed by atoms with Crippen molar-refractivity contribution >= 4 is 47.3 Å². The fraction of sp³-hybridized carbons (Fsp3) is 0.692. The molecule has 0 aromatic rings. The first-order valence-corrected chi connectivity index (χ1v) is 9.18. The fourth-order valence-electron chi connectivity index (χ4n) is 2.71. The van der Waals surface area contributed by atoms with Gasteiger partial charge in [0.15, 0.2) is 0 Å². The molecule has 2 fully saturated rings.